The summed E-state index contributed by atoms with van der Waals surface area (Å²) in [6.07, 6.45) is -16.1. The Morgan fingerprint density at radius 1 is 0.687 bits per heavy atom. The molecule has 0 aromatic heterocycles. The lowest BCUT2D eigenvalue weighted by Gasteiger charge is -2.68. The SMILES string of the molecule is C/C=C(/C)C(=O)O[C@@H]1[C@@H](OC(=O)c2ccccc2)[C@]2(C)[C@H](C(C)=O)CC[C@]2(O)[C@]2(O)CC=C3C[C@@H](O[C@H]4C[C@H](OC)[C@H](O[C@H]5C[C@H](OC)[C@H](O[C@@H]6O[C@H](C)[C@@H](O[C@@H]7O[C@H](CO)[C@@H](O)[C@H](O)[C@H]7O)[C@@H](OC)[C@H]6O)[C@@H](C)O5)[C@@H](C)O4)CC[C@]3(C)[C@@H]12. The van der Waals surface area contributed by atoms with E-state index < -0.39 is 175 Å². The van der Waals surface area contributed by atoms with E-state index in [1.165, 1.54) is 21.1 Å². The number of Topliss-reactive ketones (excluding diaryl/α,β-unsaturated/α-hetero) is 1. The van der Waals surface area contributed by atoms with E-state index in [9.17, 15) is 50.1 Å². The van der Waals surface area contributed by atoms with E-state index in [0.717, 1.165) is 5.57 Å². The number of aliphatic hydroxyl groups excluding tert-OH is 5. The number of rotatable bonds is 17. The van der Waals surface area contributed by atoms with Crippen molar-refractivity contribution in [2.24, 2.45) is 22.7 Å². The monoisotopic (exact) mass is 1180 g/mol. The summed E-state index contributed by atoms with van der Waals surface area (Å²) in [4.78, 5) is 41.8. The molecule has 1 aromatic rings. The van der Waals surface area contributed by atoms with E-state index in [4.69, 9.17) is 61.6 Å². The standard InChI is InChI=1S/C60H88O23/c1-12-28(2)53(67)80-50-51-57(7)21-19-35(24-34(57)18-22-59(51,69)60(70)23-20-36(29(3)62)58(60,8)52(50)83-54(68)33-16-14-13-15-17-33)77-40-25-37(71-9)46(30(4)74-40)79-41-26-38(72-10)47(31(5)75-41)81-56-45(66)49(73-11)48(32(6)76-56)82-55-44(65)43(64)42(63)39(27-61)78-55/h12-18,30-32,35-52,55-56,61,63-66,69-70H,19-27H2,1-11H3/b28-12-/t30-,31-,32-,35+,36+,37+,38+,39-,40+,41+,42-,43+,44-,45-,46-,47-,48-,49+,50+,51-,52-,55+,56+,57+,58+,59+,60-/m1/s1. The molecule has 4 saturated heterocycles. The van der Waals surface area contributed by atoms with Gasteiger partial charge in [-0.15, -0.1) is 0 Å². The molecular formula is C60H88O23. The minimum atomic E-state index is -1.95. The van der Waals surface area contributed by atoms with E-state index in [2.05, 4.69) is 0 Å². The van der Waals surface area contributed by atoms with Crippen LogP contribution in [0.4, 0.5) is 0 Å². The molecule has 466 valence electrons. The number of esters is 2. The predicted octanol–water partition coefficient (Wildman–Crippen LogP) is 2.47. The summed E-state index contributed by atoms with van der Waals surface area (Å²) in [6, 6.07) is 8.37. The minimum Gasteiger partial charge on any atom is -0.455 e. The molecule has 7 fully saturated rings. The number of fused-ring (bicyclic) bond motifs is 5. The molecule has 23 heteroatoms. The highest BCUT2D eigenvalue weighted by molar-refractivity contribution is 5.90. The fourth-order valence-corrected chi connectivity index (χ4v) is 15.3. The van der Waals surface area contributed by atoms with Gasteiger partial charge in [0.25, 0.3) is 0 Å². The van der Waals surface area contributed by atoms with Gasteiger partial charge in [0.2, 0.25) is 0 Å². The molecule has 0 amide bonds. The van der Waals surface area contributed by atoms with Crippen LogP contribution >= 0.6 is 0 Å². The van der Waals surface area contributed by atoms with E-state index in [-0.39, 0.29) is 43.1 Å². The van der Waals surface area contributed by atoms with Crippen LogP contribution in [0, 0.1) is 22.7 Å². The number of hydrogen-bond donors (Lipinski definition) is 7. The Kier molecular flexibility index (Phi) is 19.6. The van der Waals surface area contributed by atoms with Crippen molar-refractivity contribution in [2.45, 2.75) is 247 Å². The number of benzene rings is 1. The van der Waals surface area contributed by atoms with Crippen LogP contribution in [-0.4, -0.2) is 222 Å². The van der Waals surface area contributed by atoms with Crippen molar-refractivity contribution < 1.29 is 112 Å². The van der Waals surface area contributed by atoms with Gasteiger partial charge in [0.15, 0.2) is 25.2 Å². The van der Waals surface area contributed by atoms with Gasteiger partial charge in [-0.05, 0) is 97.6 Å². The third-order valence-electron chi connectivity index (χ3n) is 20.1. The van der Waals surface area contributed by atoms with Crippen molar-refractivity contribution in [3.05, 3.63) is 59.2 Å². The number of ketones is 1. The summed E-state index contributed by atoms with van der Waals surface area (Å²) >= 11 is 0. The quantitative estimate of drug-likeness (QED) is 0.0669. The highest BCUT2D eigenvalue weighted by Gasteiger charge is 2.81. The van der Waals surface area contributed by atoms with Crippen molar-refractivity contribution >= 4 is 17.7 Å². The van der Waals surface area contributed by atoms with Crippen LogP contribution in [0.15, 0.2) is 53.6 Å². The Morgan fingerprint density at radius 3 is 1.89 bits per heavy atom. The molecule has 0 unspecified atom stereocenters. The first-order valence-corrected chi connectivity index (χ1v) is 29.2. The summed E-state index contributed by atoms with van der Waals surface area (Å²) in [5, 5.41) is 79.2. The van der Waals surface area contributed by atoms with Gasteiger partial charge in [-0.2, -0.15) is 0 Å². The van der Waals surface area contributed by atoms with Gasteiger partial charge in [0.1, 0.15) is 84.1 Å². The second kappa shape index (κ2) is 25.4. The lowest BCUT2D eigenvalue weighted by atomic mass is 9.42. The molecule has 7 N–H and O–H groups in total. The highest BCUT2D eigenvalue weighted by Crippen LogP contribution is 2.71. The predicted molar refractivity (Wildman–Crippen MR) is 288 cm³/mol. The zero-order chi connectivity index (χ0) is 60.2. The van der Waals surface area contributed by atoms with Gasteiger partial charge in [-0.3, -0.25) is 4.79 Å². The number of allylic oxidation sites excluding steroid dienone is 1. The zero-order valence-corrected chi connectivity index (χ0v) is 49.3. The molecular weight excluding hydrogens is 1090 g/mol. The molecule has 0 spiro atoms. The van der Waals surface area contributed by atoms with Gasteiger partial charge in [-0.25, -0.2) is 9.59 Å². The van der Waals surface area contributed by atoms with Crippen LogP contribution in [0.25, 0.3) is 0 Å². The Hall–Kier alpha value is -3.41. The largest absolute Gasteiger partial charge is 0.455 e. The van der Waals surface area contributed by atoms with Crippen LogP contribution in [0.3, 0.4) is 0 Å². The van der Waals surface area contributed by atoms with E-state index in [1.54, 1.807) is 78.1 Å². The third kappa shape index (κ3) is 11.5. The lowest BCUT2D eigenvalue weighted by Crippen LogP contribution is -2.80. The Morgan fingerprint density at radius 2 is 1.29 bits per heavy atom. The smallest absolute Gasteiger partial charge is 0.338 e. The molecule has 4 heterocycles. The van der Waals surface area contributed by atoms with E-state index in [0.29, 0.717) is 31.3 Å². The second-order valence-corrected chi connectivity index (χ2v) is 24.6. The molecule has 8 aliphatic rings. The first-order chi connectivity index (χ1) is 39.3. The summed E-state index contributed by atoms with van der Waals surface area (Å²) in [5.41, 5.74) is -4.91. The Labute approximate surface area is 484 Å². The van der Waals surface area contributed by atoms with Crippen LogP contribution in [0.1, 0.15) is 117 Å². The molecule has 4 aliphatic heterocycles. The number of methoxy groups -OCH3 is 3. The molecule has 27 atom stereocenters. The summed E-state index contributed by atoms with van der Waals surface area (Å²) in [5.74, 6) is -3.46. The van der Waals surface area contributed by atoms with Crippen LogP contribution in [0.5, 0.6) is 0 Å². The van der Waals surface area contributed by atoms with Crippen LogP contribution < -0.4 is 0 Å². The fraction of sp³-hybridized carbons (Fsp3) is 0.783. The minimum absolute atomic E-state index is 0.0286. The Bertz CT molecular complexity index is 2500. The molecule has 83 heavy (non-hydrogen) atoms. The number of carbonyl (C=O) groups is 3. The van der Waals surface area contributed by atoms with E-state index >= 15 is 0 Å². The van der Waals surface area contributed by atoms with Crippen LogP contribution in [0.2, 0.25) is 0 Å². The van der Waals surface area contributed by atoms with Gasteiger partial charge in [0, 0.05) is 57.0 Å². The maximum absolute atomic E-state index is 14.2. The van der Waals surface area contributed by atoms with Gasteiger partial charge < -0.3 is 97.3 Å². The first kappa shape index (κ1) is 64.1. The zero-order valence-electron chi connectivity index (χ0n) is 49.3. The Balaban J connectivity index is 0.860. The van der Waals surface area contributed by atoms with Gasteiger partial charge >= 0.3 is 11.9 Å². The average Bonchev–Trinajstić information content (AvgIpc) is 1.99. The van der Waals surface area contributed by atoms with Crippen LogP contribution in [-0.2, 0) is 71.2 Å². The average molecular weight is 1180 g/mol. The third-order valence-corrected chi connectivity index (χ3v) is 20.1. The summed E-state index contributed by atoms with van der Waals surface area (Å²) < 4.78 is 81.1. The maximum Gasteiger partial charge on any atom is 0.338 e. The normalized spacial score (nSPS) is 47.3. The summed E-state index contributed by atoms with van der Waals surface area (Å²) in [6.45, 7) is 13.1. The summed E-state index contributed by atoms with van der Waals surface area (Å²) in [7, 11) is 4.47. The fourth-order valence-electron chi connectivity index (χ4n) is 15.3. The molecule has 3 saturated carbocycles. The van der Waals surface area contributed by atoms with Crippen molar-refractivity contribution in [1.82, 2.24) is 0 Å². The van der Waals surface area contributed by atoms with Crippen molar-refractivity contribution in [3.8, 4) is 0 Å². The molecule has 4 aliphatic carbocycles. The lowest BCUT2D eigenvalue weighted by molar-refractivity contribution is -0.373. The first-order valence-electron chi connectivity index (χ1n) is 29.2. The number of carbonyl (C=O) groups excluding carboxylic acids is 3. The second-order valence-electron chi connectivity index (χ2n) is 24.6. The molecule has 1 aromatic carbocycles. The number of hydrogen-bond acceptors (Lipinski definition) is 23. The number of ether oxygens (including phenoxy) is 13. The molecule has 0 bridgehead atoms. The van der Waals surface area contributed by atoms with Crippen molar-refractivity contribution in [1.29, 1.82) is 0 Å². The maximum atomic E-state index is 14.2. The highest BCUT2D eigenvalue weighted by atomic mass is 16.8. The molecule has 23 nitrogen and oxygen atoms in total. The number of aliphatic hydroxyl groups is 7. The van der Waals surface area contributed by atoms with Crippen molar-refractivity contribution in [2.75, 3.05) is 27.9 Å². The van der Waals surface area contributed by atoms with E-state index in [1.807, 2.05) is 19.9 Å². The molecule has 0 radical (unpaired) electrons. The molecule has 9 rings (SSSR count). The van der Waals surface area contributed by atoms with Crippen molar-refractivity contribution in [3.63, 3.8) is 0 Å². The van der Waals surface area contributed by atoms with Gasteiger partial charge in [-0.1, -0.05) is 49.8 Å². The van der Waals surface area contributed by atoms with Gasteiger partial charge in [0.05, 0.1) is 48.8 Å². The topological polar surface area (TPSA) is 313 Å².